The second-order valence-electron chi connectivity index (χ2n) is 22.7. The number of unbranched alkanes of at least 4 members (excludes halogenated alkanes) is 37. The van der Waals surface area contributed by atoms with E-state index in [1.54, 1.807) is 0 Å². The maximum atomic E-state index is 12.9. The summed E-state index contributed by atoms with van der Waals surface area (Å²) < 4.78 is 17.0. The van der Waals surface area contributed by atoms with Crippen molar-refractivity contribution in [1.82, 2.24) is 0 Å². The van der Waals surface area contributed by atoms with Gasteiger partial charge in [-0.25, -0.2) is 0 Å². The molecular weight excluding hydrogens is 973 g/mol. The summed E-state index contributed by atoms with van der Waals surface area (Å²) in [6.45, 7) is 6.46. The average Bonchev–Trinajstić information content (AvgIpc) is 3.45. The van der Waals surface area contributed by atoms with Crippen LogP contribution in [0.4, 0.5) is 0 Å². The van der Waals surface area contributed by atoms with Crippen molar-refractivity contribution in [2.75, 3.05) is 13.2 Å². The van der Waals surface area contributed by atoms with Gasteiger partial charge in [0.2, 0.25) is 0 Å². The fourth-order valence-electron chi connectivity index (χ4n) is 9.86. The Morgan fingerprint density at radius 1 is 0.266 bits per heavy atom. The van der Waals surface area contributed by atoms with E-state index in [-0.39, 0.29) is 31.1 Å². The summed E-state index contributed by atoms with van der Waals surface area (Å²) >= 11 is 0. The van der Waals surface area contributed by atoms with E-state index in [0.29, 0.717) is 19.3 Å². The number of hydrogen-bond donors (Lipinski definition) is 0. The number of esters is 3. The lowest BCUT2D eigenvalue weighted by molar-refractivity contribution is -0.167. The molecule has 0 radical (unpaired) electrons. The Balaban J connectivity index is 4.29. The fraction of sp³-hybridized carbons (Fsp3) is 0.767. The molecule has 0 aromatic rings. The molecule has 0 rings (SSSR count). The van der Waals surface area contributed by atoms with Gasteiger partial charge in [0, 0.05) is 19.3 Å². The molecule has 456 valence electrons. The van der Waals surface area contributed by atoms with Crippen molar-refractivity contribution in [2.45, 2.75) is 348 Å². The zero-order valence-electron chi connectivity index (χ0n) is 52.4. The molecule has 0 amide bonds. The molecule has 0 aliphatic rings. The van der Waals surface area contributed by atoms with E-state index in [0.717, 1.165) is 109 Å². The molecule has 6 heteroatoms. The number of rotatable bonds is 62. The molecule has 0 bridgehead atoms. The van der Waals surface area contributed by atoms with Crippen molar-refractivity contribution in [2.24, 2.45) is 0 Å². The quantitative estimate of drug-likeness (QED) is 0.0261. The minimum atomic E-state index is -0.781. The number of allylic oxidation sites excluding steroid dienone is 14. The summed E-state index contributed by atoms with van der Waals surface area (Å²) in [5.74, 6) is -0.868. The molecule has 0 heterocycles. The van der Waals surface area contributed by atoms with Crippen molar-refractivity contribution in [3.05, 3.63) is 85.1 Å². The monoisotopic (exact) mass is 1100 g/mol. The van der Waals surface area contributed by atoms with E-state index in [1.165, 1.54) is 193 Å². The molecule has 6 nitrogen and oxygen atoms in total. The van der Waals surface area contributed by atoms with Crippen LogP contribution in [0, 0.1) is 0 Å². The first-order chi connectivity index (χ1) is 39.0. The largest absolute Gasteiger partial charge is 0.462 e. The van der Waals surface area contributed by atoms with Gasteiger partial charge < -0.3 is 14.2 Å². The van der Waals surface area contributed by atoms with Gasteiger partial charge >= 0.3 is 17.9 Å². The van der Waals surface area contributed by atoms with Gasteiger partial charge in [0.25, 0.3) is 0 Å². The minimum Gasteiger partial charge on any atom is -0.462 e. The first-order valence-corrected chi connectivity index (χ1v) is 34.1. The van der Waals surface area contributed by atoms with Crippen LogP contribution in [0.1, 0.15) is 342 Å². The van der Waals surface area contributed by atoms with Gasteiger partial charge in [0.05, 0.1) is 0 Å². The second kappa shape index (κ2) is 67.1. The predicted octanol–water partition coefficient (Wildman–Crippen LogP) is 23.4. The Kier molecular flexibility index (Phi) is 64.2. The predicted molar refractivity (Wildman–Crippen MR) is 344 cm³/mol. The average molecular weight is 1100 g/mol. The van der Waals surface area contributed by atoms with Gasteiger partial charge in [-0.15, -0.1) is 0 Å². The van der Waals surface area contributed by atoms with Crippen molar-refractivity contribution in [3.63, 3.8) is 0 Å². The maximum Gasteiger partial charge on any atom is 0.306 e. The van der Waals surface area contributed by atoms with Crippen LogP contribution in [0.25, 0.3) is 0 Å². The standard InChI is InChI=1S/C73H128O6/c1-4-7-10-13-16-19-22-25-28-31-32-33-34-35-36-37-38-39-40-43-45-48-51-54-57-60-63-66-72(75)78-69-70(79-73(76)67-64-61-58-55-52-49-46-42-30-27-24-21-18-15-12-9-6-3)68-77-71(74)65-62-59-56-53-50-47-44-41-29-26-23-20-17-14-11-8-5-2/h7,9-10,12,16,18-19,21,25,27-28,30,32-33,70H,4-6,8,11,13-15,17,20,22-24,26,29,31,34-69H2,1-3H3/b10-7-,12-9-,19-16-,21-18-,28-25-,30-27-,33-32-. The zero-order chi connectivity index (χ0) is 57.1. The van der Waals surface area contributed by atoms with E-state index >= 15 is 0 Å². The Bertz CT molecular complexity index is 1500. The second-order valence-corrected chi connectivity index (χ2v) is 22.7. The molecule has 79 heavy (non-hydrogen) atoms. The molecule has 1 atom stereocenters. The Labute approximate surface area is 490 Å². The molecule has 0 spiro atoms. The third-order valence-electron chi connectivity index (χ3n) is 14.9. The zero-order valence-corrected chi connectivity index (χ0v) is 52.4. The summed E-state index contributed by atoms with van der Waals surface area (Å²) in [7, 11) is 0. The van der Waals surface area contributed by atoms with E-state index < -0.39 is 6.10 Å². The highest BCUT2D eigenvalue weighted by Crippen LogP contribution is 2.18. The van der Waals surface area contributed by atoms with E-state index in [1.807, 2.05) is 0 Å². The van der Waals surface area contributed by atoms with Crippen molar-refractivity contribution < 1.29 is 28.6 Å². The van der Waals surface area contributed by atoms with Crippen LogP contribution < -0.4 is 0 Å². The molecule has 0 fully saturated rings. The van der Waals surface area contributed by atoms with Gasteiger partial charge in [-0.1, -0.05) is 318 Å². The Hall–Kier alpha value is -3.41. The fourth-order valence-corrected chi connectivity index (χ4v) is 9.86. The molecule has 0 aliphatic heterocycles. The van der Waals surface area contributed by atoms with E-state index in [9.17, 15) is 14.4 Å². The SMILES string of the molecule is CC/C=C\C/C=C\C/C=C\C/C=C\CCCCCCCCCCCCCCCCC(=O)OCC(COC(=O)CCCCCCCCCCCCCCCCCCC)OC(=O)CCCCCCCCC/C=C\C/C=C\C/C=C\CC. The number of ether oxygens (including phenoxy) is 3. The van der Waals surface area contributed by atoms with Gasteiger partial charge in [0.1, 0.15) is 13.2 Å². The Morgan fingerprint density at radius 2 is 0.494 bits per heavy atom. The van der Waals surface area contributed by atoms with Gasteiger partial charge in [0.15, 0.2) is 6.10 Å². The van der Waals surface area contributed by atoms with Crippen molar-refractivity contribution >= 4 is 17.9 Å². The summed E-state index contributed by atoms with van der Waals surface area (Å²) in [6, 6.07) is 0. The van der Waals surface area contributed by atoms with Gasteiger partial charge in [-0.05, 0) is 89.9 Å². The van der Waals surface area contributed by atoms with Crippen LogP contribution >= 0.6 is 0 Å². The highest BCUT2D eigenvalue weighted by atomic mass is 16.6. The summed E-state index contributed by atoms with van der Waals surface area (Å²) in [5.41, 5.74) is 0. The topological polar surface area (TPSA) is 78.9 Å². The lowest BCUT2D eigenvalue weighted by Gasteiger charge is -2.18. The number of hydrogen-bond acceptors (Lipinski definition) is 6. The van der Waals surface area contributed by atoms with Gasteiger partial charge in [-0.2, -0.15) is 0 Å². The summed E-state index contributed by atoms with van der Waals surface area (Å²) in [5, 5.41) is 0. The highest BCUT2D eigenvalue weighted by Gasteiger charge is 2.19. The molecular formula is C73H128O6. The molecule has 0 aromatic carbocycles. The van der Waals surface area contributed by atoms with Crippen LogP contribution in [-0.2, 0) is 28.6 Å². The normalized spacial score (nSPS) is 12.6. The maximum absolute atomic E-state index is 12.9. The smallest absolute Gasteiger partial charge is 0.306 e. The van der Waals surface area contributed by atoms with E-state index in [4.69, 9.17) is 14.2 Å². The third-order valence-corrected chi connectivity index (χ3v) is 14.9. The van der Waals surface area contributed by atoms with Crippen LogP contribution in [0.5, 0.6) is 0 Å². The highest BCUT2D eigenvalue weighted by molar-refractivity contribution is 5.71. The minimum absolute atomic E-state index is 0.0763. The van der Waals surface area contributed by atoms with E-state index in [2.05, 4.69) is 106 Å². The molecule has 1 unspecified atom stereocenters. The molecule has 0 aliphatic carbocycles. The first kappa shape index (κ1) is 75.6. The van der Waals surface area contributed by atoms with Crippen molar-refractivity contribution in [1.29, 1.82) is 0 Å². The molecule has 0 saturated carbocycles. The van der Waals surface area contributed by atoms with Crippen LogP contribution in [0.15, 0.2) is 85.1 Å². The third kappa shape index (κ3) is 65.3. The Morgan fingerprint density at radius 3 is 0.772 bits per heavy atom. The van der Waals surface area contributed by atoms with Gasteiger partial charge in [-0.3, -0.25) is 14.4 Å². The summed E-state index contributed by atoms with van der Waals surface area (Å²) in [4.78, 5) is 38.4. The molecule has 0 N–H and O–H groups in total. The van der Waals surface area contributed by atoms with Crippen LogP contribution in [0.3, 0.4) is 0 Å². The first-order valence-electron chi connectivity index (χ1n) is 34.1. The number of carbonyl (C=O) groups excluding carboxylic acids is 3. The lowest BCUT2D eigenvalue weighted by Crippen LogP contribution is -2.30. The molecule has 0 aromatic heterocycles. The van der Waals surface area contributed by atoms with Crippen molar-refractivity contribution in [3.8, 4) is 0 Å². The molecule has 0 saturated heterocycles. The van der Waals surface area contributed by atoms with Crippen LogP contribution in [0.2, 0.25) is 0 Å². The van der Waals surface area contributed by atoms with Crippen LogP contribution in [-0.4, -0.2) is 37.2 Å². The summed E-state index contributed by atoms with van der Waals surface area (Å²) in [6.07, 6.45) is 88.8. The lowest BCUT2D eigenvalue weighted by atomic mass is 10.0. The number of carbonyl (C=O) groups is 3.